The van der Waals surface area contributed by atoms with Crippen LogP contribution in [-0.4, -0.2) is 47.6 Å². The Morgan fingerprint density at radius 3 is 1.36 bits per heavy atom. The standard InChI is InChI=1S/C27H32O6/c1-3-26(30)32-18-24(28)16-22-12-8-20(9-13-22)6-5-7-21-10-14-23(15-11-21)17-25(29)19-33-27(31)4-2/h3-4,8-15,24-25,28-29H,1-2,5-7,16-19H2. The molecule has 0 aliphatic heterocycles. The molecule has 0 radical (unpaired) electrons. The number of aliphatic hydroxyl groups excluding tert-OH is 2. The summed E-state index contributed by atoms with van der Waals surface area (Å²) in [5, 5.41) is 19.9. The fourth-order valence-electron chi connectivity index (χ4n) is 3.32. The van der Waals surface area contributed by atoms with Gasteiger partial charge in [-0.15, -0.1) is 0 Å². The van der Waals surface area contributed by atoms with Crippen LogP contribution in [0.3, 0.4) is 0 Å². The van der Waals surface area contributed by atoms with Crippen molar-refractivity contribution in [3.63, 3.8) is 0 Å². The fraction of sp³-hybridized carbons (Fsp3) is 0.333. The molecule has 0 bridgehead atoms. The van der Waals surface area contributed by atoms with E-state index in [1.165, 1.54) is 11.1 Å². The van der Waals surface area contributed by atoms with E-state index in [1.54, 1.807) is 0 Å². The normalized spacial score (nSPS) is 12.4. The Labute approximate surface area is 195 Å². The van der Waals surface area contributed by atoms with E-state index in [4.69, 9.17) is 9.47 Å². The van der Waals surface area contributed by atoms with Crippen molar-refractivity contribution >= 4 is 11.9 Å². The number of esters is 2. The molecular formula is C27H32O6. The highest BCUT2D eigenvalue weighted by Gasteiger charge is 2.09. The van der Waals surface area contributed by atoms with Crippen molar-refractivity contribution < 1.29 is 29.3 Å². The molecule has 2 unspecified atom stereocenters. The lowest BCUT2D eigenvalue weighted by atomic mass is 10.00. The predicted molar refractivity (Wildman–Crippen MR) is 127 cm³/mol. The van der Waals surface area contributed by atoms with E-state index in [0.717, 1.165) is 42.5 Å². The van der Waals surface area contributed by atoms with Crippen molar-refractivity contribution in [1.82, 2.24) is 0 Å². The first kappa shape index (κ1) is 26.0. The van der Waals surface area contributed by atoms with Crippen LogP contribution in [0.5, 0.6) is 0 Å². The number of benzene rings is 2. The van der Waals surface area contributed by atoms with Crippen molar-refractivity contribution in [2.75, 3.05) is 13.2 Å². The summed E-state index contributed by atoms with van der Waals surface area (Å²) in [6, 6.07) is 16.2. The van der Waals surface area contributed by atoms with Crippen LogP contribution in [0.4, 0.5) is 0 Å². The summed E-state index contributed by atoms with van der Waals surface area (Å²) in [5.74, 6) is -1.08. The van der Waals surface area contributed by atoms with Gasteiger partial charge in [0.05, 0.1) is 12.2 Å². The average Bonchev–Trinajstić information content (AvgIpc) is 2.83. The van der Waals surface area contributed by atoms with Crippen molar-refractivity contribution in [1.29, 1.82) is 0 Å². The maximum absolute atomic E-state index is 11.1. The summed E-state index contributed by atoms with van der Waals surface area (Å²) in [6.07, 6.45) is 4.38. The molecule has 0 aromatic heterocycles. The number of aliphatic hydroxyl groups is 2. The van der Waals surface area contributed by atoms with Gasteiger partial charge in [-0.25, -0.2) is 9.59 Å². The molecule has 0 aliphatic rings. The lowest BCUT2D eigenvalue weighted by Crippen LogP contribution is -2.20. The van der Waals surface area contributed by atoms with E-state index < -0.39 is 24.1 Å². The van der Waals surface area contributed by atoms with Crippen molar-refractivity contribution in [3.05, 3.63) is 96.1 Å². The highest BCUT2D eigenvalue weighted by Crippen LogP contribution is 2.13. The van der Waals surface area contributed by atoms with E-state index >= 15 is 0 Å². The van der Waals surface area contributed by atoms with Crippen LogP contribution < -0.4 is 0 Å². The van der Waals surface area contributed by atoms with Crippen LogP contribution in [0, 0.1) is 0 Å². The zero-order chi connectivity index (χ0) is 24.1. The van der Waals surface area contributed by atoms with Crippen LogP contribution in [-0.2, 0) is 44.7 Å². The van der Waals surface area contributed by atoms with E-state index in [2.05, 4.69) is 37.4 Å². The smallest absolute Gasteiger partial charge is 0.330 e. The van der Waals surface area contributed by atoms with Gasteiger partial charge in [0.1, 0.15) is 13.2 Å². The maximum Gasteiger partial charge on any atom is 0.330 e. The van der Waals surface area contributed by atoms with Crippen molar-refractivity contribution in [2.45, 2.75) is 44.3 Å². The van der Waals surface area contributed by atoms with Crippen LogP contribution >= 0.6 is 0 Å². The van der Waals surface area contributed by atoms with E-state index in [0.29, 0.717) is 12.8 Å². The molecule has 33 heavy (non-hydrogen) atoms. The Balaban J connectivity index is 1.71. The van der Waals surface area contributed by atoms with Gasteiger partial charge in [0, 0.05) is 25.0 Å². The lowest BCUT2D eigenvalue weighted by molar-refractivity contribution is -0.141. The quantitative estimate of drug-likeness (QED) is 0.338. The van der Waals surface area contributed by atoms with Crippen LogP contribution in [0.15, 0.2) is 73.8 Å². The molecule has 0 aliphatic carbocycles. The minimum atomic E-state index is -0.744. The van der Waals surface area contributed by atoms with Crippen LogP contribution in [0.2, 0.25) is 0 Å². The Morgan fingerprint density at radius 1 is 0.697 bits per heavy atom. The molecule has 6 heteroatoms. The average molecular weight is 453 g/mol. The number of hydrogen-bond donors (Lipinski definition) is 2. The van der Waals surface area contributed by atoms with Gasteiger partial charge in [-0.05, 0) is 41.5 Å². The molecule has 0 spiro atoms. The second-order valence-corrected chi connectivity index (χ2v) is 7.87. The first-order valence-electron chi connectivity index (χ1n) is 11.0. The van der Waals surface area contributed by atoms with Gasteiger partial charge in [-0.1, -0.05) is 61.7 Å². The maximum atomic E-state index is 11.1. The van der Waals surface area contributed by atoms with E-state index in [1.807, 2.05) is 24.3 Å². The molecule has 2 atom stereocenters. The Hall–Kier alpha value is -3.22. The molecule has 6 nitrogen and oxygen atoms in total. The van der Waals surface area contributed by atoms with Crippen molar-refractivity contribution in [3.8, 4) is 0 Å². The number of rotatable bonds is 14. The first-order valence-corrected chi connectivity index (χ1v) is 11.0. The minimum Gasteiger partial charge on any atom is -0.460 e. The first-order chi connectivity index (χ1) is 15.9. The Morgan fingerprint density at radius 2 is 1.03 bits per heavy atom. The molecule has 0 heterocycles. The number of hydrogen-bond acceptors (Lipinski definition) is 6. The Bertz CT molecular complexity index is 826. The van der Waals surface area contributed by atoms with E-state index in [9.17, 15) is 19.8 Å². The van der Waals surface area contributed by atoms with Crippen LogP contribution in [0.1, 0.15) is 28.7 Å². The highest BCUT2D eigenvalue weighted by molar-refractivity contribution is 5.81. The molecule has 0 fully saturated rings. The third-order valence-electron chi connectivity index (χ3n) is 5.09. The molecular weight excluding hydrogens is 420 g/mol. The molecule has 2 aromatic carbocycles. The third-order valence-corrected chi connectivity index (χ3v) is 5.09. The summed E-state index contributed by atoms with van der Waals surface area (Å²) in [5.41, 5.74) is 4.41. The van der Waals surface area contributed by atoms with Crippen LogP contribution in [0.25, 0.3) is 0 Å². The van der Waals surface area contributed by atoms with Crippen molar-refractivity contribution in [2.24, 2.45) is 0 Å². The summed E-state index contributed by atoms with van der Waals surface area (Å²) in [4.78, 5) is 22.1. The topological polar surface area (TPSA) is 93.1 Å². The van der Waals surface area contributed by atoms with E-state index in [-0.39, 0.29) is 13.2 Å². The summed E-state index contributed by atoms with van der Waals surface area (Å²) in [7, 11) is 0. The highest BCUT2D eigenvalue weighted by atomic mass is 16.5. The molecule has 2 aromatic rings. The SMILES string of the molecule is C=CC(=O)OCC(O)Cc1ccc(CCCc2ccc(CC(O)COC(=O)C=C)cc2)cc1. The molecule has 0 amide bonds. The van der Waals surface area contributed by atoms with Gasteiger partial charge in [0.15, 0.2) is 0 Å². The van der Waals surface area contributed by atoms with Gasteiger partial charge in [-0.3, -0.25) is 0 Å². The molecule has 0 saturated carbocycles. The second-order valence-electron chi connectivity index (χ2n) is 7.87. The molecule has 176 valence electrons. The molecule has 0 saturated heterocycles. The van der Waals surface area contributed by atoms with Gasteiger partial charge in [-0.2, -0.15) is 0 Å². The third kappa shape index (κ3) is 10.3. The summed E-state index contributed by atoms with van der Waals surface area (Å²) >= 11 is 0. The zero-order valence-electron chi connectivity index (χ0n) is 18.8. The second kappa shape index (κ2) is 14.0. The number of carbonyl (C=O) groups excluding carboxylic acids is 2. The Kier molecular flexibility index (Phi) is 11.1. The minimum absolute atomic E-state index is 0.0485. The number of ether oxygens (including phenoxy) is 2. The lowest BCUT2D eigenvalue weighted by Gasteiger charge is -2.11. The zero-order valence-corrected chi connectivity index (χ0v) is 18.8. The largest absolute Gasteiger partial charge is 0.460 e. The summed E-state index contributed by atoms with van der Waals surface area (Å²) in [6.45, 7) is 6.55. The van der Waals surface area contributed by atoms with Gasteiger partial charge < -0.3 is 19.7 Å². The monoisotopic (exact) mass is 452 g/mol. The van der Waals surface area contributed by atoms with Gasteiger partial charge in [0.25, 0.3) is 0 Å². The summed E-state index contributed by atoms with van der Waals surface area (Å²) < 4.78 is 9.71. The fourth-order valence-corrected chi connectivity index (χ4v) is 3.32. The van der Waals surface area contributed by atoms with Gasteiger partial charge >= 0.3 is 11.9 Å². The molecule has 2 rings (SSSR count). The molecule has 2 N–H and O–H groups in total. The number of carbonyl (C=O) groups is 2. The predicted octanol–water partition coefficient (Wildman–Crippen LogP) is 3.13. The number of aryl methyl sites for hydroxylation is 2. The van der Waals surface area contributed by atoms with Gasteiger partial charge in [0.2, 0.25) is 0 Å².